The maximum absolute atomic E-state index is 12.6. The molecule has 164 valence electrons. The summed E-state index contributed by atoms with van der Waals surface area (Å²) in [4.78, 5) is 31.1. The van der Waals surface area contributed by atoms with Gasteiger partial charge in [-0.2, -0.15) is 5.10 Å². The second kappa shape index (κ2) is 11.1. The maximum Gasteiger partial charge on any atom is 0.255 e. The van der Waals surface area contributed by atoms with Crippen molar-refractivity contribution in [1.82, 2.24) is 24.2 Å². The van der Waals surface area contributed by atoms with Crippen molar-refractivity contribution in [2.45, 2.75) is 33.4 Å². The van der Waals surface area contributed by atoms with Crippen LogP contribution in [0.5, 0.6) is 0 Å². The van der Waals surface area contributed by atoms with Crippen LogP contribution in [0, 0.1) is 0 Å². The van der Waals surface area contributed by atoms with Crippen LogP contribution in [0.4, 0.5) is 11.4 Å². The van der Waals surface area contributed by atoms with Gasteiger partial charge in [0.25, 0.3) is 5.91 Å². The molecular formula is C22H29N7O2. The predicted octanol–water partition coefficient (Wildman–Crippen LogP) is 2.70. The molecule has 3 rings (SSSR count). The fourth-order valence-electron chi connectivity index (χ4n) is 3.15. The van der Waals surface area contributed by atoms with Crippen molar-refractivity contribution < 1.29 is 9.59 Å². The molecule has 2 aromatic heterocycles. The van der Waals surface area contributed by atoms with Crippen molar-refractivity contribution in [2.75, 3.05) is 30.3 Å². The van der Waals surface area contributed by atoms with Gasteiger partial charge in [0.1, 0.15) is 0 Å². The molecule has 0 fully saturated rings. The molecule has 31 heavy (non-hydrogen) atoms. The van der Waals surface area contributed by atoms with Crippen LogP contribution >= 0.6 is 0 Å². The number of aromatic nitrogens is 4. The van der Waals surface area contributed by atoms with Crippen LogP contribution in [0.3, 0.4) is 0 Å². The fraction of sp³-hybridized carbons (Fsp3) is 0.364. The highest BCUT2D eigenvalue weighted by molar-refractivity contribution is 6.05. The van der Waals surface area contributed by atoms with Gasteiger partial charge in [-0.15, -0.1) is 0 Å². The minimum Gasteiger partial charge on any atom is -0.337 e. The predicted molar refractivity (Wildman–Crippen MR) is 120 cm³/mol. The number of carbonyl (C=O) groups excluding carboxylic acids is 2. The molecule has 0 aliphatic carbocycles. The summed E-state index contributed by atoms with van der Waals surface area (Å²) < 4.78 is 3.66. The standard InChI is InChI=1S/C22H29N7O2/c1-3-27(4-2)12-13-29-16-20(15-24-29)26-22(31)18-6-5-7-19(14-18)25-21(30)8-10-28-11-9-23-17-28/h5-7,9,11,14-17H,3-4,8,10,12-13H2,1-2H3,(H,25,30)(H,26,31). The van der Waals surface area contributed by atoms with Gasteiger partial charge in [0.15, 0.2) is 0 Å². The number of anilines is 2. The zero-order chi connectivity index (χ0) is 22.1. The highest BCUT2D eigenvalue weighted by Gasteiger charge is 2.10. The summed E-state index contributed by atoms with van der Waals surface area (Å²) in [6, 6.07) is 6.88. The molecular weight excluding hydrogens is 394 g/mol. The molecule has 0 spiro atoms. The van der Waals surface area contributed by atoms with Crippen molar-refractivity contribution in [3.05, 3.63) is 60.9 Å². The summed E-state index contributed by atoms with van der Waals surface area (Å²) >= 11 is 0. The van der Waals surface area contributed by atoms with Crippen molar-refractivity contribution >= 4 is 23.2 Å². The van der Waals surface area contributed by atoms with Gasteiger partial charge >= 0.3 is 0 Å². The van der Waals surface area contributed by atoms with Crippen molar-refractivity contribution in [2.24, 2.45) is 0 Å². The molecule has 9 nitrogen and oxygen atoms in total. The number of nitrogens with one attached hydrogen (secondary N) is 2. The first-order chi connectivity index (χ1) is 15.1. The summed E-state index contributed by atoms with van der Waals surface area (Å²) in [5.41, 5.74) is 1.68. The summed E-state index contributed by atoms with van der Waals surface area (Å²) in [6.45, 7) is 8.48. The van der Waals surface area contributed by atoms with Crippen LogP contribution < -0.4 is 10.6 Å². The van der Waals surface area contributed by atoms with E-state index in [-0.39, 0.29) is 11.8 Å². The Balaban J connectivity index is 1.52. The highest BCUT2D eigenvalue weighted by atomic mass is 16.2. The number of imidazole rings is 1. The molecule has 2 amide bonds. The number of aryl methyl sites for hydroxylation is 1. The first-order valence-corrected chi connectivity index (χ1v) is 10.5. The van der Waals surface area contributed by atoms with Crippen LogP contribution in [-0.4, -0.2) is 55.7 Å². The van der Waals surface area contributed by atoms with E-state index < -0.39 is 0 Å². The Hall–Kier alpha value is -3.46. The molecule has 0 atom stereocenters. The molecule has 0 radical (unpaired) electrons. The molecule has 0 saturated carbocycles. The number of hydrogen-bond acceptors (Lipinski definition) is 5. The van der Waals surface area contributed by atoms with Crippen LogP contribution in [0.2, 0.25) is 0 Å². The molecule has 0 unspecified atom stereocenters. The molecule has 9 heteroatoms. The lowest BCUT2D eigenvalue weighted by molar-refractivity contribution is -0.116. The normalized spacial score (nSPS) is 10.9. The maximum atomic E-state index is 12.6. The number of nitrogens with zero attached hydrogens (tertiary/aromatic N) is 5. The lowest BCUT2D eigenvalue weighted by atomic mass is 10.2. The van der Waals surface area contributed by atoms with E-state index in [4.69, 9.17) is 0 Å². The van der Waals surface area contributed by atoms with Gasteiger partial charge in [-0.3, -0.25) is 14.3 Å². The average Bonchev–Trinajstić information content (AvgIpc) is 3.45. The Labute approximate surface area is 182 Å². The third-order valence-electron chi connectivity index (χ3n) is 5.00. The van der Waals surface area contributed by atoms with E-state index in [9.17, 15) is 9.59 Å². The summed E-state index contributed by atoms with van der Waals surface area (Å²) in [6.07, 6.45) is 8.94. The van der Waals surface area contributed by atoms with Gasteiger partial charge in [0, 0.05) is 49.4 Å². The summed E-state index contributed by atoms with van der Waals surface area (Å²) in [7, 11) is 0. The number of likely N-dealkylation sites (N-methyl/N-ethyl adjacent to an activating group) is 1. The largest absolute Gasteiger partial charge is 0.337 e. The van der Waals surface area contributed by atoms with E-state index in [1.54, 1.807) is 43.0 Å². The van der Waals surface area contributed by atoms with Gasteiger partial charge in [0.05, 0.1) is 24.8 Å². The molecule has 0 aliphatic rings. The minimum absolute atomic E-state index is 0.124. The van der Waals surface area contributed by atoms with Crippen LogP contribution in [0.15, 0.2) is 55.4 Å². The monoisotopic (exact) mass is 423 g/mol. The minimum atomic E-state index is -0.252. The van der Waals surface area contributed by atoms with E-state index in [2.05, 4.69) is 39.5 Å². The third-order valence-corrected chi connectivity index (χ3v) is 5.00. The lowest BCUT2D eigenvalue weighted by Crippen LogP contribution is -2.27. The Kier molecular flexibility index (Phi) is 7.94. The van der Waals surface area contributed by atoms with E-state index in [1.807, 2.05) is 21.6 Å². The summed E-state index contributed by atoms with van der Waals surface area (Å²) in [5, 5.41) is 10.0. The second-order valence-corrected chi connectivity index (χ2v) is 7.15. The SMILES string of the molecule is CCN(CC)CCn1cc(NC(=O)c2cccc(NC(=O)CCn3ccnc3)c2)cn1. The lowest BCUT2D eigenvalue weighted by Gasteiger charge is -2.17. The molecule has 2 N–H and O–H groups in total. The zero-order valence-electron chi connectivity index (χ0n) is 18.0. The Morgan fingerprint density at radius 1 is 1.10 bits per heavy atom. The van der Waals surface area contributed by atoms with Crippen LogP contribution in [-0.2, 0) is 17.9 Å². The number of rotatable bonds is 11. The highest BCUT2D eigenvalue weighted by Crippen LogP contribution is 2.14. The van der Waals surface area contributed by atoms with Crippen molar-refractivity contribution in [3.8, 4) is 0 Å². The fourth-order valence-corrected chi connectivity index (χ4v) is 3.15. The smallest absolute Gasteiger partial charge is 0.255 e. The number of carbonyl (C=O) groups is 2. The number of hydrogen-bond donors (Lipinski definition) is 2. The Morgan fingerprint density at radius 3 is 2.68 bits per heavy atom. The Bertz CT molecular complexity index is 977. The number of amides is 2. The van der Waals surface area contributed by atoms with Crippen molar-refractivity contribution in [1.29, 1.82) is 0 Å². The van der Waals surface area contributed by atoms with Crippen LogP contribution in [0.25, 0.3) is 0 Å². The zero-order valence-corrected chi connectivity index (χ0v) is 18.0. The van der Waals surface area contributed by atoms with Crippen molar-refractivity contribution in [3.63, 3.8) is 0 Å². The van der Waals surface area contributed by atoms with E-state index in [0.29, 0.717) is 29.9 Å². The molecule has 0 saturated heterocycles. The van der Waals surface area contributed by atoms with Gasteiger partial charge in [-0.1, -0.05) is 19.9 Å². The van der Waals surface area contributed by atoms with Crippen LogP contribution in [0.1, 0.15) is 30.6 Å². The third kappa shape index (κ3) is 6.78. The topological polar surface area (TPSA) is 97.1 Å². The van der Waals surface area contributed by atoms with Gasteiger partial charge in [-0.25, -0.2) is 4.98 Å². The molecule has 2 heterocycles. The molecule has 1 aromatic carbocycles. The average molecular weight is 424 g/mol. The molecule has 3 aromatic rings. The number of benzene rings is 1. The Morgan fingerprint density at radius 2 is 1.94 bits per heavy atom. The first-order valence-electron chi connectivity index (χ1n) is 10.5. The van der Waals surface area contributed by atoms with Gasteiger partial charge in [-0.05, 0) is 31.3 Å². The van der Waals surface area contributed by atoms with E-state index >= 15 is 0 Å². The van der Waals surface area contributed by atoms with E-state index in [0.717, 1.165) is 26.2 Å². The van der Waals surface area contributed by atoms with Gasteiger partial charge < -0.3 is 20.1 Å². The van der Waals surface area contributed by atoms with Gasteiger partial charge in [0.2, 0.25) is 5.91 Å². The summed E-state index contributed by atoms with van der Waals surface area (Å²) in [5.74, 6) is -0.376. The van der Waals surface area contributed by atoms with E-state index in [1.165, 1.54) is 0 Å². The first kappa shape index (κ1) is 22.2. The quantitative estimate of drug-likeness (QED) is 0.494. The molecule has 0 aliphatic heterocycles. The second-order valence-electron chi connectivity index (χ2n) is 7.15. The molecule has 0 bridgehead atoms.